The Bertz CT molecular complexity index is 177. The predicted molar refractivity (Wildman–Crippen MR) is 63.2 cm³/mol. The molecular formula is C10H19NO3S. The summed E-state index contributed by atoms with van der Waals surface area (Å²) < 4.78 is 10.4. The Balaban J connectivity index is 2.99. The molecule has 0 aliphatic heterocycles. The van der Waals surface area contributed by atoms with E-state index in [0.29, 0.717) is 32.8 Å². The highest BCUT2D eigenvalue weighted by atomic mass is 32.1. The van der Waals surface area contributed by atoms with Crippen LogP contribution < -0.4 is 5.32 Å². The largest absolute Gasteiger partial charge is 0.379 e. The highest BCUT2D eigenvalue weighted by molar-refractivity contribution is 7.80. The first-order chi connectivity index (χ1) is 7.13. The molecule has 0 radical (unpaired) electrons. The Labute approximate surface area is 96.3 Å². The summed E-state index contributed by atoms with van der Waals surface area (Å²) in [5, 5.41) is 2.98. The van der Waals surface area contributed by atoms with Gasteiger partial charge in [0.25, 0.3) is 0 Å². The lowest BCUT2D eigenvalue weighted by atomic mass is 10.3. The first kappa shape index (κ1) is 14.5. The van der Waals surface area contributed by atoms with Gasteiger partial charge >= 0.3 is 0 Å². The Morgan fingerprint density at radius 3 is 2.27 bits per heavy atom. The van der Waals surface area contributed by atoms with Crippen LogP contribution in [0.3, 0.4) is 0 Å². The van der Waals surface area contributed by atoms with Gasteiger partial charge in [-0.05, 0) is 13.8 Å². The van der Waals surface area contributed by atoms with Crippen molar-refractivity contribution in [2.45, 2.75) is 20.3 Å². The van der Waals surface area contributed by atoms with E-state index < -0.39 is 0 Å². The average Bonchev–Trinajstić information content (AvgIpc) is 2.14. The van der Waals surface area contributed by atoms with Gasteiger partial charge in [0.15, 0.2) is 0 Å². The molecule has 0 aliphatic carbocycles. The third-order valence-electron chi connectivity index (χ3n) is 1.59. The number of Topliss-reactive ketones (excluding diaryl/α,β-unsaturated/α-hetero) is 1. The lowest BCUT2D eigenvalue weighted by Gasteiger charge is -2.06. The van der Waals surface area contributed by atoms with Crippen LogP contribution in [-0.2, 0) is 14.3 Å². The summed E-state index contributed by atoms with van der Waals surface area (Å²) >= 11 is 4.83. The lowest BCUT2D eigenvalue weighted by Crippen LogP contribution is -2.23. The summed E-state index contributed by atoms with van der Waals surface area (Å²) in [6.45, 7) is 6.29. The van der Waals surface area contributed by atoms with E-state index in [9.17, 15) is 4.79 Å². The summed E-state index contributed by atoms with van der Waals surface area (Å²) in [6, 6.07) is 0. The number of ether oxygens (including phenoxy) is 2. The second kappa shape index (κ2) is 10.0. The van der Waals surface area contributed by atoms with E-state index in [1.54, 1.807) is 6.92 Å². The van der Waals surface area contributed by atoms with E-state index in [4.69, 9.17) is 21.7 Å². The van der Waals surface area contributed by atoms with Crippen molar-refractivity contribution in [3.8, 4) is 0 Å². The molecule has 0 atom stereocenters. The molecule has 0 spiro atoms. The van der Waals surface area contributed by atoms with Crippen molar-refractivity contribution in [3.05, 3.63) is 0 Å². The molecule has 0 rings (SSSR count). The van der Waals surface area contributed by atoms with Crippen molar-refractivity contribution < 1.29 is 14.3 Å². The summed E-state index contributed by atoms with van der Waals surface area (Å²) in [7, 11) is 0. The third kappa shape index (κ3) is 13.5. The molecule has 0 saturated heterocycles. The van der Waals surface area contributed by atoms with Gasteiger partial charge in [0.1, 0.15) is 5.78 Å². The average molecular weight is 233 g/mol. The fraction of sp³-hybridized carbons (Fsp3) is 0.800. The highest BCUT2D eigenvalue weighted by Gasteiger charge is 1.93. The molecule has 5 heteroatoms. The molecule has 0 fully saturated rings. The molecule has 15 heavy (non-hydrogen) atoms. The van der Waals surface area contributed by atoms with E-state index in [0.717, 1.165) is 11.5 Å². The molecule has 0 amide bonds. The summed E-state index contributed by atoms with van der Waals surface area (Å²) in [4.78, 5) is 11.3. The zero-order valence-electron chi connectivity index (χ0n) is 9.38. The number of ketones is 1. The number of rotatable bonds is 9. The lowest BCUT2D eigenvalue weighted by molar-refractivity contribution is -0.118. The molecule has 0 aromatic carbocycles. The molecule has 0 saturated carbocycles. The van der Waals surface area contributed by atoms with E-state index in [-0.39, 0.29) is 5.78 Å². The molecule has 88 valence electrons. The minimum atomic E-state index is 0.150. The smallest absolute Gasteiger partial charge is 0.132 e. The summed E-state index contributed by atoms with van der Waals surface area (Å²) in [5.74, 6) is 0.150. The van der Waals surface area contributed by atoms with E-state index in [1.165, 1.54) is 0 Å². The van der Waals surface area contributed by atoms with Gasteiger partial charge in [-0.25, -0.2) is 0 Å². The van der Waals surface area contributed by atoms with Crippen LogP contribution in [0.25, 0.3) is 0 Å². The standard InChI is InChI=1S/C10H19NO3S/c1-9(12)3-5-13-7-8-14-6-4-11-10(2)15/h3-8H2,1-2H3,(H,11,15). The third-order valence-corrected chi connectivity index (χ3v) is 1.74. The minimum Gasteiger partial charge on any atom is -0.379 e. The van der Waals surface area contributed by atoms with Crippen LogP contribution >= 0.6 is 12.2 Å². The zero-order chi connectivity index (χ0) is 11.5. The van der Waals surface area contributed by atoms with Crippen molar-refractivity contribution in [1.29, 1.82) is 0 Å². The first-order valence-electron chi connectivity index (χ1n) is 5.02. The molecule has 0 unspecified atom stereocenters. The van der Waals surface area contributed by atoms with E-state index in [2.05, 4.69) is 5.32 Å². The Kier molecular flexibility index (Phi) is 9.67. The van der Waals surface area contributed by atoms with Gasteiger partial charge < -0.3 is 14.8 Å². The maximum absolute atomic E-state index is 10.5. The minimum absolute atomic E-state index is 0.150. The van der Waals surface area contributed by atoms with Crippen LogP contribution in [0.4, 0.5) is 0 Å². The molecule has 0 aliphatic rings. The number of nitrogens with one attached hydrogen (secondary N) is 1. The van der Waals surface area contributed by atoms with Crippen LogP contribution in [-0.4, -0.2) is 43.7 Å². The van der Waals surface area contributed by atoms with Crippen molar-refractivity contribution in [3.63, 3.8) is 0 Å². The van der Waals surface area contributed by atoms with Crippen molar-refractivity contribution in [2.24, 2.45) is 0 Å². The molecule has 4 nitrogen and oxygen atoms in total. The number of hydrogen-bond donors (Lipinski definition) is 1. The fourth-order valence-corrected chi connectivity index (χ4v) is 0.939. The monoisotopic (exact) mass is 233 g/mol. The van der Waals surface area contributed by atoms with E-state index >= 15 is 0 Å². The van der Waals surface area contributed by atoms with Gasteiger partial charge in [-0.1, -0.05) is 12.2 Å². The normalized spacial score (nSPS) is 10.0. The second-order valence-electron chi connectivity index (χ2n) is 3.16. The van der Waals surface area contributed by atoms with Gasteiger partial charge in [0.05, 0.1) is 31.4 Å². The summed E-state index contributed by atoms with van der Waals surface area (Å²) in [5.41, 5.74) is 0. The maximum Gasteiger partial charge on any atom is 0.132 e. The number of carbonyl (C=O) groups is 1. The molecule has 1 N–H and O–H groups in total. The molecule has 0 aromatic rings. The van der Waals surface area contributed by atoms with E-state index in [1.807, 2.05) is 6.92 Å². The van der Waals surface area contributed by atoms with Crippen molar-refractivity contribution in [1.82, 2.24) is 5.32 Å². The quantitative estimate of drug-likeness (QED) is 0.474. The number of carbonyl (C=O) groups excluding carboxylic acids is 1. The second-order valence-corrected chi connectivity index (χ2v) is 3.77. The Morgan fingerprint density at radius 1 is 1.13 bits per heavy atom. The molecular weight excluding hydrogens is 214 g/mol. The predicted octanol–water partition coefficient (Wildman–Crippen LogP) is 0.936. The highest BCUT2D eigenvalue weighted by Crippen LogP contribution is 1.84. The SMILES string of the molecule is CC(=O)CCOCCOCCNC(C)=S. The fourth-order valence-electron chi connectivity index (χ4n) is 0.837. The van der Waals surface area contributed by atoms with Gasteiger partial charge in [0, 0.05) is 13.0 Å². The number of thiocarbonyl (C=S) groups is 1. The first-order valence-corrected chi connectivity index (χ1v) is 5.43. The molecule has 0 bridgehead atoms. The topological polar surface area (TPSA) is 47.6 Å². The zero-order valence-corrected chi connectivity index (χ0v) is 10.2. The molecule has 0 aromatic heterocycles. The van der Waals surface area contributed by atoms with Gasteiger partial charge in [-0.3, -0.25) is 4.79 Å². The summed E-state index contributed by atoms with van der Waals surface area (Å²) in [6.07, 6.45) is 0.478. The van der Waals surface area contributed by atoms with Crippen molar-refractivity contribution in [2.75, 3.05) is 33.0 Å². The van der Waals surface area contributed by atoms with Crippen molar-refractivity contribution >= 4 is 23.0 Å². The Morgan fingerprint density at radius 2 is 1.73 bits per heavy atom. The van der Waals surface area contributed by atoms with Crippen LogP contribution in [0, 0.1) is 0 Å². The van der Waals surface area contributed by atoms with Crippen LogP contribution in [0.5, 0.6) is 0 Å². The van der Waals surface area contributed by atoms with Crippen LogP contribution in [0.1, 0.15) is 20.3 Å². The van der Waals surface area contributed by atoms with Crippen LogP contribution in [0.2, 0.25) is 0 Å². The van der Waals surface area contributed by atoms with Gasteiger partial charge in [-0.2, -0.15) is 0 Å². The maximum atomic E-state index is 10.5. The number of hydrogen-bond acceptors (Lipinski definition) is 4. The molecule has 0 heterocycles. The van der Waals surface area contributed by atoms with Gasteiger partial charge in [-0.15, -0.1) is 0 Å². The Hall–Kier alpha value is -0.520. The van der Waals surface area contributed by atoms with Crippen LogP contribution in [0.15, 0.2) is 0 Å². The van der Waals surface area contributed by atoms with Gasteiger partial charge in [0.2, 0.25) is 0 Å².